The van der Waals surface area contributed by atoms with Gasteiger partial charge in [-0.05, 0) is 103 Å². The van der Waals surface area contributed by atoms with Gasteiger partial charge in [0.05, 0.1) is 19.8 Å². The number of rotatable bonds is 49. The molecule has 0 aromatic heterocycles. The normalized spacial score (nSPS) is 14.2. The molecule has 0 amide bonds. The molecule has 3 N–H and O–H groups in total. The quantitative estimate of drug-likeness (QED) is 0.0268. The number of hydrogen-bond donors (Lipinski definition) is 2. The minimum atomic E-state index is -4.30. The topological polar surface area (TPSA) is 117 Å². The molecule has 0 rings (SSSR count). The highest BCUT2D eigenvalue weighted by atomic mass is 31.2. The van der Waals surface area contributed by atoms with Crippen LogP contribution in [-0.4, -0.2) is 49.9 Å². The maximum Gasteiger partial charge on any atom is 0.472 e. The molecule has 0 heterocycles. The van der Waals surface area contributed by atoms with E-state index in [9.17, 15) is 14.3 Å². The van der Waals surface area contributed by atoms with Crippen molar-refractivity contribution >= 4 is 13.8 Å². The lowest BCUT2D eigenvalue weighted by atomic mass is 10.1. The lowest BCUT2D eigenvalue weighted by Gasteiger charge is -2.20. The molecule has 66 heavy (non-hydrogen) atoms. The van der Waals surface area contributed by atoms with Gasteiger partial charge in [-0.15, -0.1) is 0 Å². The molecule has 0 bridgehead atoms. The summed E-state index contributed by atoms with van der Waals surface area (Å²) in [6.45, 7) is 4.74. The number of ether oxygens (including phenoxy) is 2. The maximum atomic E-state index is 12.7. The van der Waals surface area contributed by atoms with E-state index in [1.807, 2.05) is 0 Å². The van der Waals surface area contributed by atoms with Gasteiger partial charge in [-0.3, -0.25) is 13.8 Å². The van der Waals surface area contributed by atoms with Crippen molar-refractivity contribution in [1.82, 2.24) is 0 Å². The van der Waals surface area contributed by atoms with E-state index in [2.05, 4.69) is 123 Å². The second-order valence-corrected chi connectivity index (χ2v) is 18.5. The van der Waals surface area contributed by atoms with Crippen LogP contribution >= 0.6 is 7.82 Å². The van der Waals surface area contributed by atoms with E-state index in [-0.39, 0.29) is 32.3 Å². The smallest absolute Gasteiger partial charge is 0.457 e. The molecule has 2 atom stereocenters. The highest BCUT2D eigenvalue weighted by Gasteiger charge is 2.25. The first-order valence-corrected chi connectivity index (χ1v) is 27.9. The second kappa shape index (κ2) is 53.1. The third-order valence-electron chi connectivity index (χ3n) is 10.7. The molecular formula is C57H98NO7P. The Labute approximate surface area is 405 Å². The van der Waals surface area contributed by atoms with Crippen molar-refractivity contribution < 1.29 is 32.8 Å². The summed E-state index contributed by atoms with van der Waals surface area (Å²) in [6.07, 6.45) is 72.6. The summed E-state index contributed by atoms with van der Waals surface area (Å²) in [4.78, 5) is 22.6. The van der Waals surface area contributed by atoms with E-state index in [0.29, 0.717) is 13.0 Å². The lowest BCUT2D eigenvalue weighted by Crippen LogP contribution is -2.28. The number of unbranched alkanes of at least 4 members (excludes halogenated alkanes) is 18. The van der Waals surface area contributed by atoms with Crippen LogP contribution in [0.2, 0.25) is 0 Å². The van der Waals surface area contributed by atoms with Gasteiger partial charge in [-0.1, -0.05) is 207 Å². The number of phosphoric acid groups is 1. The molecule has 0 saturated heterocycles. The Morgan fingerprint density at radius 3 is 1.27 bits per heavy atom. The van der Waals surface area contributed by atoms with E-state index < -0.39 is 13.9 Å². The number of hydrogen-bond acceptors (Lipinski definition) is 7. The van der Waals surface area contributed by atoms with Gasteiger partial charge >= 0.3 is 13.8 Å². The monoisotopic (exact) mass is 940 g/mol. The number of allylic oxidation sites excluding steroid dienone is 18. The van der Waals surface area contributed by atoms with E-state index in [0.717, 1.165) is 109 Å². The molecule has 0 saturated carbocycles. The summed E-state index contributed by atoms with van der Waals surface area (Å²) >= 11 is 0. The minimum absolute atomic E-state index is 0.0895. The Morgan fingerprint density at radius 1 is 0.470 bits per heavy atom. The summed E-state index contributed by atoms with van der Waals surface area (Å²) in [5, 5.41) is 0. The summed E-state index contributed by atoms with van der Waals surface area (Å²) in [6, 6.07) is 0. The fraction of sp³-hybridized carbons (Fsp3) is 0.667. The van der Waals surface area contributed by atoms with Gasteiger partial charge in [-0.25, -0.2) is 4.57 Å². The molecule has 2 unspecified atom stereocenters. The Hall–Kier alpha value is -2.84. The van der Waals surface area contributed by atoms with Crippen LogP contribution in [0.4, 0.5) is 0 Å². The Bertz CT molecular complexity index is 1380. The first-order chi connectivity index (χ1) is 32.4. The van der Waals surface area contributed by atoms with Crippen molar-refractivity contribution in [2.45, 2.75) is 213 Å². The second-order valence-electron chi connectivity index (χ2n) is 17.0. The fourth-order valence-electron chi connectivity index (χ4n) is 6.83. The lowest BCUT2D eigenvalue weighted by molar-refractivity contribution is -0.154. The predicted octanol–water partition coefficient (Wildman–Crippen LogP) is 16.8. The number of nitrogens with two attached hydrogens (primary N) is 1. The number of carbonyl (C=O) groups excluding carboxylic acids is 1. The molecule has 0 aromatic rings. The van der Waals surface area contributed by atoms with E-state index in [4.69, 9.17) is 24.3 Å². The van der Waals surface area contributed by atoms with Crippen LogP contribution < -0.4 is 5.73 Å². The molecular weight excluding hydrogens is 842 g/mol. The summed E-state index contributed by atoms with van der Waals surface area (Å²) < 4.78 is 33.6. The predicted molar refractivity (Wildman–Crippen MR) is 284 cm³/mol. The van der Waals surface area contributed by atoms with Crippen molar-refractivity contribution in [2.24, 2.45) is 5.73 Å². The summed E-state index contributed by atoms with van der Waals surface area (Å²) in [5.41, 5.74) is 5.39. The average Bonchev–Trinajstić information content (AvgIpc) is 3.31. The number of phosphoric ester groups is 1. The van der Waals surface area contributed by atoms with Crippen LogP contribution in [0, 0.1) is 0 Å². The number of carbonyl (C=O) groups is 1. The van der Waals surface area contributed by atoms with Crippen molar-refractivity contribution in [3.05, 3.63) is 109 Å². The van der Waals surface area contributed by atoms with Gasteiger partial charge in [0.2, 0.25) is 0 Å². The molecule has 0 aliphatic rings. The molecule has 0 aliphatic heterocycles. The van der Waals surface area contributed by atoms with E-state index >= 15 is 0 Å². The zero-order valence-electron chi connectivity index (χ0n) is 42.1. The zero-order chi connectivity index (χ0) is 48.0. The highest BCUT2D eigenvalue weighted by molar-refractivity contribution is 7.47. The third kappa shape index (κ3) is 52.1. The highest BCUT2D eigenvalue weighted by Crippen LogP contribution is 2.43. The van der Waals surface area contributed by atoms with Crippen molar-refractivity contribution in [1.29, 1.82) is 0 Å². The SMILES string of the molecule is CC/C=C\C/C=C\C/C=C\C/C=C\C/C=C\C/C=C\CCCCCCCCC(=O)OC(COCCCCCCCCC/C=C\C/C=C\C/C=C\CCCCCCC)COP(=O)(O)OCCN. The Kier molecular flexibility index (Phi) is 50.8. The molecule has 0 aromatic carbocycles. The van der Waals surface area contributed by atoms with Gasteiger partial charge in [-0.2, -0.15) is 0 Å². The molecule has 378 valence electrons. The van der Waals surface area contributed by atoms with Crippen molar-refractivity contribution in [3.8, 4) is 0 Å². The van der Waals surface area contributed by atoms with Crippen molar-refractivity contribution in [2.75, 3.05) is 33.0 Å². The summed E-state index contributed by atoms with van der Waals surface area (Å²) in [7, 11) is -4.30. The van der Waals surface area contributed by atoms with Gasteiger partial charge in [0.1, 0.15) is 6.10 Å². The van der Waals surface area contributed by atoms with Gasteiger partial charge in [0.15, 0.2) is 0 Å². The molecule has 9 heteroatoms. The fourth-order valence-corrected chi connectivity index (χ4v) is 7.60. The Balaban J connectivity index is 4.04. The van der Waals surface area contributed by atoms with Gasteiger partial charge in [0.25, 0.3) is 0 Å². The van der Waals surface area contributed by atoms with Crippen LogP contribution in [0.5, 0.6) is 0 Å². The van der Waals surface area contributed by atoms with Crippen LogP contribution in [0.25, 0.3) is 0 Å². The summed E-state index contributed by atoms with van der Waals surface area (Å²) in [5.74, 6) is -0.352. The maximum absolute atomic E-state index is 12.7. The first kappa shape index (κ1) is 63.2. The molecule has 0 fully saturated rings. The largest absolute Gasteiger partial charge is 0.472 e. The molecule has 0 aliphatic carbocycles. The molecule has 0 radical (unpaired) electrons. The molecule has 0 spiro atoms. The van der Waals surface area contributed by atoms with Crippen LogP contribution in [0.15, 0.2) is 109 Å². The van der Waals surface area contributed by atoms with Crippen molar-refractivity contribution in [3.63, 3.8) is 0 Å². The Morgan fingerprint density at radius 2 is 0.848 bits per heavy atom. The third-order valence-corrected chi connectivity index (χ3v) is 11.7. The van der Waals surface area contributed by atoms with Crippen LogP contribution in [-0.2, 0) is 27.9 Å². The zero-order valence-corrected chi connectivity index (χ0v) is 43.0. The van der Waals surface area contributed by atoms with Gasteiger partial charge < -0.3 is 20.1 Å². The van der Waals surface area contributed by atoms with Crippen LogP contribution in [0.3, 0.4) is 0 Å². The van der Waals surface area contributed by atoms with E-state index in [1.54, 1.807) is 0 Å². The van der Waals surface area contributed by atoms with Crippen LogP contribution in [0.1, 0.15) is 206 Å². The molecule has 8 nitrogen and oxygen atoms in total. The standard InChI is InChI=1S/C57H98NO7P/c1-3-5-7-9-11-13-15-17-19-21-23-25-27-28-29-30-32-34-36-38-40-42-44-46-48-50-57(59)65-56(55-64-66(60,61)63-53-51-58)54-62-52-49-47-45-43-41-39-37-35-33-31-26-24-22-20-18-16-14-12-10-8-6-4-2/h5,7,11,13,16-19,22-25,28-29,31-34,56H,3-4,6,8-10,12,14-15,20-21,26-27,30,35-55,58H2,1-2H3,(H,60,61)/b7-5-,13-11-,18-16-,19-17-,24-22-,25-23-,29-28-,33-31-,34-32-. The number of esters is 1. The average molecular weight is 940 g/mol. The minimum Gasteiger partial charge on any atom is -0.457 e. The van der Waals surface area contributed by atoms with E-state index in [1.165, 1.54) is 77.0 Å². The first-order valence-electron chi connectivity index (χ1n) is 26.4. The van der Waals surface area contributed by atoms with Gasteiger partial charge in [0, 0.05) is 19.6 Å².